The number of hydrogen-bond donors (Lipinski definition) is 2. The fourth-order valence-corrected chi connectivity index (χ4v) is 4.47. The number of nitrogens with zero attached hydrogens (tertiary/aromatic N) is 1. The summed E-state index contributed by atoms with van der Waals surface area (Å²) in [5.41, 5.74) is 0.885. The maximum absolute atomic E-state index is 13.0. The number of rotatable bonds is 7. The molecule has 0 aromatic heterocycles. The summed E-state index contributed by atoms with van der Waals surface area (Å²) in [5.74, 6) is 1.10. The van der Waals surface area contributed by atoms with Crippen molar-refractivity contribution in [3.8, 4) is 11.5 Å². The lowest BCUT2D eigenvalue weighted by molar-refractivity contribution is -0.131. The average molecular weight is 418 g/mol. The van der Waals surface area contributed by atoms with Crippen molar-refractivity contribution in [3.63, 3.8) is 0 Å². The second-order valence-electron chi connectivity index (χ2n) is 8.78. The first-order chi connectivity index (χ1) is 14.4. The molecule has 2 fully saturated rings. The molecule has 1 aromatic rings. The molecule has 1 aliphatic heterocycles. The monoisotopic (exact) mass is 417 g/mol. The summed E-state index contributed by atoms with van der Waals surface area (Å²) in [6, 6.07) is 5.41. The van der Waals surface area contributed by atoms with Crippen LogP contribution in [0.25, 0.3) is 0 Å². The molecule has 2 aliphatic rings. The molecule has 3 rings (SSSR count). The Balaban J connectivity index is 1.81. The fourth-order valence-electron chi connectivity index (χ4n) is 4.47. The van der Waals surface area contributed by atoms with Crippen molar-refractivity contribution in [1.82, 2.24) is 15.5 Å². The van der Waals surface area contributed by atoms with E-state index in [4.69, 9.17) is 9.47 Å². The number of carbonyl (C=O) groups is 2. The second-order valence-corrected chi connectivity index (χ2v) is 8.78. The third kappa shape index (κ3) is 5.25. The predicted molar refractivity (Wildman–Crippen MR) is 116 cm³/mol. The number of benzene rings is 1. The van der Waals surface area contributed by atoms with Crippen molar-refractivity contribution in [2.75, 3.05) is 26.8 Å². The Labute approximate surface area is 179 Å². The van der Waals surface area contributed by atoms with Crippen LogP contribution in [0.15, 0.2) is 18.2 Å². The average Bonchev–Trinajstić information content (AvgIpc) is 3.11. The Morgan fingerprint density at radius 1 is 1.30 bits per heavy atom. The van der Waals surface area contributed by atoms with Gasteiger partial charge < -0.3 is 20.1 Å². The van der Waals surface area contributed by atoms with Gasteiger partial charge in [-0.3, -0.25) is 14.5 Å². The molecule has 0 bridgehead atoms. The normalized spacial score (nSPS) is 21.4. The molecule has 1 saturated carbocycles. The topological polar surface area (TPSA) is 79.9 Å². The summed E-state index contributed by atoms with van der Waals surface area (Å²) in [5, 5.41) is 6.21. The molecule has 1 heterocycles. The first kappa shape index (κ1) is 22.4. The largest absolute Gasteiger partial charge is 0.493 e. The van der Waals surface area contributed by atoms with E-state index >= 15 is 0 Å². The Morgan fingerprint density at radius 3 is 2.67 bits per heavy atom. The summed E-state index contributed by atoms with van der Waals surface area (Å²) >= 11 is 0. The first-order valence-corrected chi connectivity index (χ1v) is 11.0. The van der Waals surface area contributed by atoms with Gasteiger partial charge in [-0.1, -0.05) is 32.8 Å². The quantitative estimate of drug-likeness (QED) is 0.713. The minimum Gasteiger partial charge on any atom is -0.493 e. The van der Waals surface area contributed by atoms with Crippen LogP contribution in [-0.2, 0) is 16.1 Å². The number of ether oxygens (including phenoxy) is 2. The third-order valence-electron chi connectivity index (χ3n) is 6.01. The van der Waals surface area contributed by atoms with Crippen molar-refractivity contribution < 1.29 is 19.1 Å². The summed E-state index contributed by atoms with van der Waals surface area (Å²) < 4.78 is 11.1. The number of methoxy groups -OCH3 is 1. The van der Waals surface area contributed by atoms with E-state index in [0.29, 0.717) is 25.4 Å². The molecule has 2 amide bonds. The zero-order valence-electron chi connectivity index (χ0n) is 18.6. The lowest BCUT2D eigenvalue weighted by Gasteiger charge is -2.33. The van der Waals surface area contributed by atoms with Crippen LogP contribution in [0.4, 0.5) is 0 Å². The lowest BCUT2D eigenvalue weighted by atomic mass is 9.97. The SMILES string of the molecule is CCOc1ccc(CN2CC(NC(=O)C(C)C)C(=O)NC3(CCCC3)C2)cc1OC. The smallest absolute Gasteiger partial charge is 0.244 e. The van der Waals surface area contributed by atoms with Crippen LogP contribution in [0.1, 0.15) is 52.0 Å². The van der Waals surface area contributed by atoms with E-state index in [2.05, 4.69) is 15.5 Å². The third-order valence-corrected chi connectivity index (χ3v) is 6.01. The van der Waals surface area contributed by atoms with Gasteiger partial charge in [0.1, 0.15) is 6.04 Å². The van der Waals surface area contributed by atoms with Crippen LogP contribution in [0.3, 0.4) is 0 Å². The van der Waals surface area contributed by atoms with Gasteiger partial charge in [0.05, 0.1) is 19.3 Å². The van der Waals surface area contributed by atoms with E-state index in [1.165, 1.54) is 0 Å². The summed E-state index contributed by atoms with van der Waals surface area (Å²) in [4.78, 5) is 27.5. The van der Waals surface area contributed by atoms with Gasteiger partial charge in [-0.2, -0.15) is 0 Å². The Hall–Kier alpha value is -2.28. The lowest BCUT2D eigenvalue weighted by Crippen LogP contribution is -2.54. The van der Waals surface area contributed by atoms with E-state index in [0.717, 1.165) is 43.5 Å². The highest BCUT2D eigenvalue weighted by Crippen LogP contribution is 2.33. The molecule has 1 atom stereocenters. The Kier molecular flexibility index (Phi) is 7.23. The summed E-state index contributed by atoms with van der Waals surface area (Å²) in [6.07, 6.45) is 4.20. The molecule has 0 radical (unpaired) electrons. The van der Waals surface area contributed by atoms with Crippen molar-refractivity contribution in [1.29, 1.82) is 0 Å². The van der Waals surface area contributed by atoms with Gasteiger partial charge in [0.25, 0.3) is 0 Å². The summed E-state index contributed by atoms with van der Waals surface area (Å²) in [7, 11) is 1.64. The van der Waals surface area contributed by atoms with E-state index in [1.807, 2.05) is 39.0 Å². The molecular formula is C23H35N3O4. The highest BCUT2D eigenvalue weighted by molar-refractivity contribution is 5.89. The maximum atomic E-state index is 13.0. The highest BCUT2D eigenvalue weighted by atomic mass is 16.5. The molecule has 1 aliphatic carbocycles. The number of carbonyl (C=O) groups excluding carboxylic acids is 2. The molecule has 1 aromatic carbocycles. The molecule has 7 heteroatoms. The first-order valence-electron chi connectivity index (χ1n) is 11.0. The fraction of sp³-hybridized carbons (Fsp3) is 0.652. The maximum Gasteiger partial charge on any atom is 0.244 e. The van der Waals surface area contributed by atoms with Crippen molar-refractivity contribution in [3.05, 3.63) is 23.8 Å². The van der Waals surface area contributed by atoms with Gasteiger partial charge in [0.15, 0.2) is 11.5 Å². The zero-order valence-corrected chi connectivity index (χ0v) is 18.6. The van der Waals surface area contributed by atoms with Crippen LogP contribution in [-0.4, -0.2) is 55.1 Å². The van der Waals surface area contributed by atoms with E-state index in [-0.39, 0.29) is 23.3 Å². The van der Waals surface area contributed by atoms with Gasteiger partial charge in [-0.05, 0) is 37.5 Å². The molecule has 1 unspecified atom stereocenters. The Bertz CT molecular complexity index is 759. The van der Waals surface area contributed by atoms with Crippen LogP contribution < -0.4 is 20.1 Å². The predicted octanol–water partition coefficient (Wildman–Crippen LogP) is 2.48. The van der Waals surface area contributed by atoms with Gasteiger partial charge in [0.2, 0.25) is 11.8 Å². The molecule has 1 saturated heterocycles. The molecular weight excluding hydrogens is 382 g/mol. The van der Waals surface area contributed by atoms with E-state index in [9.17, 15) is 9.59 Å². The van der Waals surface area contributed by atoms with Gasteiger partial charge in [-0.15, -0.1) is 0 Å². The zero-order chi connectivity index (χ0) is 21.7. The molecule has 7 nitrogen and oxygen atoms in total. The summed E-state index contributed by atoms with van der Waals surface area (Å²) in [6.45, 7) is 8.15. The number of nitrogens with one attached hydrogen (secondary N) is 2. The number of hydrogen-bond acceptors (Lipinski definition) is 5. The number of amides is 2. The highest BCUT2D eigenvalue weighted by Gasteiger charge is 2.42. The standard InChI is InChI=1S/C23H35N3O4/c1-5-30-19-9-8-17(12-20(19)29-4)13-26-14-18(24-21(27)16(2)3)22(28)25-23(15-26)10-6-7-11-23/h8-9,12,16,18H,5-7,10-11,13-15H2,1-4H3,(H,24,27)(H,25,28). The van der Waals surface area contributed by atoms with E-state index in [1.54, 1.807) is 7.11 Å². The van der Waals surface area contributed by atoms with Crippen LogP contribution in [0, 0.1) is 5.92 Å². The minimum absolute atomic E-state index is 0.0716. The van der Waals surface area contributed by atoms with Crippen molar-refractivity contribution in [2.45, 2.75) is 64.6 Å². The molecule has 30 heavy (non-hydrogen) atoms. The Morgan fingerprint density at radius 2 is 2.03 bits per heavy atom. The minimum atomic E-state index is -0.551. The van der Waals surface area contributed by atoms with E-state index < -0.39 is 6.04 Å². The van der Waals surface area contributed by atoms with Gasteiger partial charge in [-0.25, -0.2) is 0 Å². The second kappa shape index (κ2) is 9.69. The van der Waals surface area contributed by atoms with Gasteiger partial charge >= 0.3 is 0 Å². The van der Waals surface area contributed by atoms with Crippen LogP contribution in [0.5, 0.6) is 11.5 Å². The van der Waals surface area contributed by atoms with Crippen molar-refractivity contribution in [2.24, 2.45) is 5.92 Å². The molecule has 2 N–H and O–H groups in total. The molecule has 166 valence electrons. The van der Waals surface area contributed by atoms with Gasteiger partial charge in [0, 0.05) is 25.6 Å². The molecule has 1 spiro atoms. The van der Waals surface area contributed by atoms with Crippen LogP contribution >= 0.6 is 0 Å². The van der Waals surface area contributed by atoms with Crippen LogP contribution in [0.2, 0.25) is 0 Å². The van der Waals surface area contributed by atoms with Crippen molar-refractivity contribution >= 4 is 11.8 Å².